The lowest BCUT2D eigenvalue weighted by atomic mass is 9.63. The maximum absolute atomic E-state index is 5.11. The predicted molar refractivity (Wildman–Crippen MR) is 130 cm³/mol. The van der Waals surface area contributed by atoms with Gasteiger partial charge in [-0.2, -0.15) is 0 Å². The molecule has 152 valence electrons. The van der Waals surface area contributed by atoms with Crippen LogP contribution < -0.4 is 0 Å². The quantitative estimate of drug-likeness (QED) is 0.335. The number of hydrogen-bond donors (Lipinski definition) is 0. The summed E-state index contributed by atoms with van der Waals surface area (Å²) in [4.78, 5) is 7.71. The Balaban J connectivity index is 1.57. The Morgan fingerprint density at radius 3 is 2.43 bits per heavy atom. The lowest BCUT2D eigenvalue weighted by molar-refractivity contribution is 0.225. The molecule has 2 aromatic rings. The van der Waals surface area contributed by atoms with Gasteiger partial charge >= 0.3 is 0 Å². The third kappa shape index (κ3) is 4.06. The number of aromatic nitrogens is 1. The summed E-state index contributed by atoms with van der Waals surface area (Å²) in [6.45, 7) is 13.3. The van der Waals surface area contributed by atoms with Crippen LogP contribution in [0, 0.1) is 0 Å². The van der Waals surface area contributed by atoms with Crippen molar-refractivity contribution in [3.8, 4) is 11.3 Å². The van der Waals surface area contributed by atoms with Gasteiger partial charge in [-0.15, -0.1) is 11.3 Å². The first-order chi connectivity index (χ1) is 13.3. The molecule has 28 heavy (non-hydrogen) atoms. The van der Waals surface area contributed by atoms with Crippen LogP contribution in [0.3, 0.4) is 0 Å². The number of likely N-dealkylation sites (tertiary alicyclic amines) is 1. The van der Waals surface area contributed by atoms with E-state index in [4.69, 9.17) is 4.98 Å². The molecule has 0 bridgehead atoms. The Morgan fingerprint density at radius 1 is 1.07 bits per heavy atom. The van der Waals surface area contributed by atoms with Crippen LogP contribution in [0.25, 0.3) is 11.3 Å². The minimum atomic E-state index is 0.255. The van der Waals surface area contributed by atoms with Gasteiger partial charge in [-0.1, -0.05) is 62.4 Å². The van der Waals surface area contributed by atoms with Gasteiger partial charge in [-0.05, 0) is 66.8 Å². The summed E-state index contributed by atoms with van der Waals surface area (Å²) in [7, 11) is 0. The van der Waals surface area contributed by atoms with E-state index in [1.807, 2.05) is 11.3 Å². The van der Waals surface area contributed by atoms with Crippen molar-refractivity contribution in [2.24, 2.45) is 0 Å². The molecule has 0 N–H and O–H groups in total. The molecule has 2 aliphatic rings. The molecule has 0 saturated carbocycles. The third-order valence-electron chi connectivity index (χ3n) is 7.01. The van der Waals surface area contributed by atoms with Gasteiger partial charge in [0.25, 0.3) is 0 Å². The van der Waals surface area contributed by atoms with Gasteiger partial charge in [0.2, 0.25) is 0 Å². The zero-order chi connectivity index (χ0) is 19.9. The van der Waals surface area contributed by atoms with Gasteiger partial charge in [-0.25, -0.2) is 4.98 Å². The molecule has 0 spiro atoms. The van der Waals surface area contributed by atoms with Crippen molar-refractivity contribution in [2.75, 3.05) is 24.1 Å². The molecular formula is C24H33IN2S. The molecule has 1 aliphatic carbocycles. The molecule has 2 heterocycles. The number of piperidine rings is 1. The molecule has 1 saturated heterocycles. The van der Waals surface area contributed by atoms with Gasteiger partial charge in [0.15, 0.2) is 0 Å². The highest BCUT2D eigenvalue weighted by molar-refractivity contribution is 14.1. The summed E-state index contributed by atoms with van der Waals surface area (Å²) in [5.74, 6) is 0.650. The molecule has 0 unspecified atom stereocenters. The fourth-order valence-electron chi connectivity index (χ4n) is 4.88. The Kier molecular flexibility index (Phi) is 5.94. The lowest BCUT2D eigenvalue weighted by Crippen LogP contribution is -2.34. The highest BCUT2D eigenvalue weighted by atomic mass is 127. The minimum absolute atomic E-state index is 0.255. The second-order valence-corrected chi connectivity index (χ2v) is 11.9. The van der Waals surface area contributed by atoms with Gasteiger partial charge < -0.3 is 4.90 Å². The standard InChI is InChI=1S/C24H33IN2S/c1-23(2)9-10-24(3,4)20-15-18(5-6-19(20)23)21-16-28-22(26-21)17-7-12-27(13-8-17)14-11-25/h5-6,15-17H,7-14H2,1-4H3. The van der Waals surface area contributed by atoms with E-state index in [2.05, 4.69) is 78.8 Å². The second kappa shape index (κ2) is 7.99. The van der Waals surface area contributed by atoms with E-state index < -0.39 is 0 Å². The third-order valence-corrected chi connectivity index (χ3v) is 8.50. The molecule has 4 rings (SSSR count). The summed E-state index contributed by atoms with van der Waals surface area (Å²) in [6, 6.07) is 7.13. The number of halogens is 1. The van der Waals surface area contributed by atoms with Crippen molar-refractivity contribution in [2.45, 2.75) is 70.1 Å². The fraction of sp³-hybridized carbons (Fsp3) is 0.625. The van der Waals surface area contributed by atoms with E-state index in [0.717, 1.165) is 0 Å². The van der Waals surface area contributed by atoms with E-state index >= 15 is 0 Å². The van der Waals surface area contributed by atoms with E-state index in [0.29, 0.717) is 5.92 Å². The SMILES string of the molecule is CC1(C)CCC(C)(C)c2cc(-c3csc(C4CCN(CCI)CC4)n3)ccc21. The largest absolute Gasteiger partial charge is 0.303 e. The number of hydrogen-bond acceptors (Lipinski definition) is 3. The predicted octanol–water partition coefficient (Wildman–Crippen LogP) is 6.77. The Bertz CT molecular complexity index is 831. The van der Waals surface area contributed by atoms with Gasteiger partial charge in [0, 0.05) is 27.8 Å². The molecule has 0 atom stereocenters. The number of nitrogens with zero attached hydrogens (tertiary/aromatic N) is 2. The molecular weight excluding hydrogens is 475 g/mol. The Labute approximate surface area is 188 Å². The van der Waals surface area contributed by atoms with Crippen molar-refractivity contribution in [1.82, 2.24) is 9.88 Å². The Hall–Kier alpha value is -0.460. The Morgan fingerprint density at radius 2 is 1.75 bits per heavy atom. The lowest BCUT2D eigenvalue weighted by Gasteiger charge is -2.42. The average Bonchev–Trinajstić information content (AvgIpc) is 3.16. The number of fused-ring (bicyclic) bond motifs is 1. The molecule has 0 amide bonds. The minimum Gasteiger partial charge on any atom is -0.303 e. The van der Waals surface area contributed by atoms with Gasteiger partial charge in [0.1, 0.15) is 0 Å². The van der Waals surface area contributed by atoms with E-state index in [1.54, 1.807) is 0 Å². The number of benzene rings is 1. The summed E-state index contributed by atoms with van der Waals surface area (Å²) in [5.41, 5.74) is 6.08. The van der Waals surface area contributed by atoms with E-state index in [-0.39, 0.29) is 10.8 Å². The molecule has 1 aromatic carbocycles. The summed E-state index contributed by atoms with van der Waals surface area (Å²) in [5, 5.41) is 3.64. The van der Waals surface area contributed by atoms with Gasteiger partial charge in [0.05, 0.1) is 10.7 Å². The second-order valence-electron chi connectivity index (χ2n) is 9.90. The monoisotopic (exact) mass is 508 g/mol. The van der Waals surface area contributed by atoms with E-state index in [1.165, 1.54) is 77.1 Å². The van der Waals surface area contributed by atoms with Crippen LogP contribution in [-0.2, 0) is 10.8 Å². The van der Waals surface area contributed by atoms with Crippen LogP contribution in [0.5, 0.6) is 0 Å². The fourth-order valence-corrected chi connectivity index (χ4v) is 6.56. The van der Waals surface area contributed by atoms with Crippen molar-refractivity contribution >= 4 is 33.9 Å². The van der Waals surface area contributed by atoms with E-state index in [9.17, 15) is 0 Å². The highest BCUT2D eigenvalue weighted by Crippen LogP contribution is 2.47. The zero-order valence-corrected chi connectivity index (χ0v) is 20.7. The first-order valence-corrected chi connectivity index (χ1v) is 13.1. The molecule has 1 aromatic heterocycles. The molecule has 1 aliphatic heterocycles. The van der Waals surface area contributed by atoms with Crippen molar-refractivity contribution in [1.29, 1.82) is 0 Å². The number of thiazole rings is 1. The molecule has 1 fully saturated rings. The van der Waals surface area contributed by atoms with Gasteiger partial charge in [-0.3, -0.25) is 0 Å². The van der Waals surface area contributed by atoms with Crippen molar-refractivity contribution < 1.29 is 0 Å². The first kappa shape index (κ1) is 20.8. The van der Waals surface area contributed by atoms with Crippen LogP contribution in [-0.4, -0.2) is 33.9 Å². The number of rotatable bonds is 4. The number of alkyl halides is 1. The summed E-state index contributed by atoms with van der Waals surface area (Å²) < 4.78 is 1.23. The van der Waals surface area contributed by atoms with Crippen LogP contribution in [0.2, 0.25) is 0 Å². The van der Waals surface area contributed by atoms with Crippen LogP contribution in [0.4, 0.5) is 0 Å². The topological polar surface area (TPSA) is 16.1 Å². The van der Waals surface area contributed by atoms with Crippen LogP contribution >= 0.6 is 33.9 Å². The average molecular weight is 509 g/mol. The maximum atomic E-state index is 5.11. The molecule has 4 heteroatoms. The normalized spacial score (nSPS) is 22.2. The zero-order valence-electron chi connectivity index (χ0n) is 17.7. The van der Waals surface area contributed by atoms with Crippen LogP contribution in [0.1, 0.15) is 75.4 Å². The molecule has 2 nitrogen and oxygen atoms in total. The van der Waals surface area contributed by atoms with Crippen molar-refractivity contribution in [3.05, 3.63) is 39.7 Å². The smallest absolute Gasteiger partial charge is 0.0964 e. The maximum Gasteiger partial charge on any atom is 0.0964 e. The molecule has 0 radical (unpaired) electrons. The van der Waals surface area contributed by atoms with Crippen molar-refractivity contribution in [3.63, 3.8) is 0 Å². The highest BCUT2D eigenvalue weighted by Gasteiger charge is 2.37. The summed E-state index contributed by atoms with van der Waals surface area (Å²) >= 11 is 4.36. The first-order valence-electron chi connectivity index (χ1n) is 10.7. The van der Waals surface area contributed by atoms with Crippen LogP contribution in [0.15, 0.2) is 23.6 Å². The summed E-state index contributed by atoms with van der Waals surface area (Å²) in [6.07, 6.45) is 5.04.